The van der Waals surface area contributed by atoms with Crippen LogP contribution in [-0.2, 0) is 4.74 Å². The van der Waals surface area contributed by atoms with Crippen molar-refractivity contribution < 1.29 is 19.9 Å². The van der Waals surface area contributed by atoms with E-state index in [1.807, 2.05) is 49.1 Å². The van der Waals surface area contributed by atoms with Gasteiger partial charge in [-0.2, -0.15) is 0 Å². The van der Waals surface area contributed by atoms with Gasteiger partial charge in [0.15, 0.2) is 6.29 Å². The van der Waals surface area contributed by atoms with E-state index in [9.17, 15) is 0 Å². The lowest BCUT2D eigenvalue weighted by Crippen LogP contribution is -2.30. The summed E-state index contributed by atoms with van der Waals surface area (Å²) >= 11 is 7.38. The Morgan fingerprint density at radius 1 is 0.330 bits per heavy atom. The number of benzene rings is 13. The Kier molecular flexibility index (Phi) is 19.0. The van der Waals surface area contributed by atoms with Crippen LogP contribution in [0.15, 0.2) is 313 Å². The van der Waals surface area contributed by atoms with E-state index in [1.54, 1.807) is 6.20 Å². The van der Waals surface area contributed by atoms with Crippen LogP contribution in [0.3, 0.4) is 0 Å². The third kappa shape index (κ3) is 12.9. The number of aliphatic hydroxyl groups excluding tert-OH is 1. The molecule has 1 aliphatic heterocycles. The van der Waals surface area contributed by atoms with Gasteiger partial charge in [0.1, 0.15) is 0 Å². The molecule has 7 nitrogen and oxygen atoms in total. The van der Waals surface area contributed by atoms with Gasteiger partial charge in [-0.3, -0.25) is 15.0 Å². The SMILES string of the molecule is Brc1ccc2c(-c3ccccc3)c3cc(Br)ccc3c(-c3ccccc3)c2c1.C.OB(O)c1cncc2ccccc12.OC1CCCO1.c1ccc(-c2c3ccc(-c4cncc5ccccc45)cc3c(-c3ccccc3)c3ccc(-c4cncc5ccccc45)cc23)cc1. The van der Waals surface area contributed by atoms with Crippen molar-refractivity contribution >= 4 is 120 Å². The lowest BCUT2D eigenvalue weighted by Gasteiger charge is -2.20. The Labute approximate surface area is 563 Å². The molecule has 0 spiro atoms. The summed E-state index contributed by atoms with van der Waals surface area (Å²) in [4.78, 5) is 13.2. The smallest absolute Gasteiger partial charge is 0.423 e. The van der Waals surface area contributed by atoms with Gasteiger partial charge in [0.05, 0.1) is 0 Å². The van der Waals surface area contributed by atoms with Gasteiger partial charge >= 0.3 is 7.12 Å². The minimum Gasteiger partial charge on any atom is -0.423 e. The third-order valence-electron chi connectivity index (χ3n) is 17.2. The molecule has 10 heteroatoms. The van der Waals surface area contributed by atoms with E-state index in [0.717, 1.165) is 72.2 Å². The fourth-order valence-electron chi connectivity index (χ4n) is 13.0. The lowest BCUT2D eigenvalue weighted by molar-refractivity contribution is -0.0589. The summed E-state index contributed by atoms with van der Waals surface area (Å²) in [6.45, 7) is 0.737. The molecular formula is C84H64BBr2N3O4. The van der Waals surface area contributed by atoms with Gasteiger partial charge in [-0.05, 0) is 163 Å². The summed E-state index contributed by atoms with van der Waals surface area (Å²) in [6, 6.07) is 94.5. The molecule has 16 aromatic rings. The van der Waals surface area contributed by atoms with Crippen molar-refractivity contribution in [1.82, 2.24) is 15.0 Å². The number of fused-ring (bicyclic) bond motifs is 7. The van der Waals surface area contributed by atoms with E-state index in [2.05, 4.69) is 289 Å². The van der Waals surface area contributed by atoms with Crippen molar-refractivity contribution in [1.29, 1.82) is 0 Å². The summed E-state index contributed by atoms with van der Waals surface area (Å²) in [6.07, 6.45) is 12.4. The Morgan fingerprint density at radius 2 is 0.660 bits per heavy atom. The molecule has 1 aliphatic rings. The Morgan fingerprint density at radius 3 is 1.01 bits per heavy atom. The van der Waals surface area contributed by atoms with Crippen LogP contribution in [0, 0.1) is 0 Å². The van der Waals surface area contributed by atoms with Gasteiger partial charge in [0, 0.05) is 86.5 Å². The van der Waals surface area contributed by atoms with Crippen LogP contribution < -0.4 is 5.46 Å². The van der Waals surface area contributed by atoms with Gasteiger partial charge in [0.2, 0.25) is 0 Å². The van der Waals surface area contributed by atoms with E-state index >= 15 is 0 Å². The molecule has 0 saturated carbocycles. The van der Waals surface area contributed by atoms with Crippen LogP contribution in [-0.4, -0.2) is 50.1 Å². The highest BCUT2D eigenvalue weighted by Crippen LogP contribution is 2.48. The monoisotopic (exact) mass is 1350 g/mol. The van der Waals surface area contributed by atoms with Crippen LogP contribution in [0.25, 0.3) is 142 Å². The molecule has 0 amide bonds. The van der Waals surface area contributed by atoms with Gasteiger partial charge in [-0.15, -0.1) is 0 Å². The number of ether oxygens (including phenoxy) is 1. The minimum absolute atomic E-state index is 0. The number of rotatable bonds is 7. The molecule has 0 bridgehead atoms. The minimum atomic E-state index is -1.46. The number of aliphatic hydroxyl groups is 1. The van der Waals surface area contributed by atoms with Gasteiger partial charge < -0.3 is 19.9 Å². The third-order valence-corrected chi connectivity index (χ3v) is 18.2. The number of aromatic nitrogens is 3. The topological polar surface area (TPSA) is 109 Å². The van der Waals surface area contributed by atoms with Crippen LogP contribution in [0.4, 0.5) is 0 Å². The molecule has 1 atom stereocenters. The average molecular weight is 1350 g/mol. The molecule has 94 heavy (non-hydrogen) atoms. The van der Waals surface area contributed by atoms with Gasteiger partial charge in [0.25, 0.3) is 0 Å². The number of halogens is 2. The van der Waals surface area contributed by atoms with Crippen LogP contribution in [0.5, 0.6) is 0 Å². The first-order valence-electron chi connectivity index (χ1n) is 31.0. The second kappa shape index (κ2) is 28.5. The van der Waals surface area contributed by atoms with E-state index in [-0.39, 0.29) is 7.43 Å². The summed E-state index contributed by atoms with van der Waals surface area (Å²) in [5, 5.41) is 43.0. The molecule has 1 saturated heterocycles. The normalized spacial score (nSPS) is 12.6. The Balaban J connectivity index is 0.000000140. The van der Waals surface area contributed by atoms with Crippen molar-refractivity contribution in [3.8, 4) is 66.8 Å². The lowest BCUT2D eigenvalue weighted by atomic mass is 9.78. The first kappa shape index (κ1) is 62.8. The highest BCUT2D eigenvalue weighted by molar-refractivity contribution is 9.10. The Hall–Kier alpha value is -10.0. The van der Waals surface area contributed by atoms with Gasteiger partial charge in [-0.1, -0.05) is 270 Å². The van der Waals surface area contributed by atoms with Crippen molar-refractivity contribution in [2.24, 2.45) is 0 Å². The first-order chi connectivity index (χ1) is 45.7. The molecule has 13 aromatic carbocycles. The maximum atomic E-state index is 9.04. The maximum Gasteiger partial charge on any atom is 0.490 e. The van der Waals surface area contributed by atoms with Crippen LogP contribution in [0.1, 0.15) is 20.3 Å². The van der Waals surface area contributed by atoms with Crippen molar-refractivity contribution in [2.75, 3.05) is 6.61 Å². The predicted octanol–water partition coefficient (Wildman–Crippen LogP) is 21.3. The molecular weight excluding hydrogens is 1290 g/mol. The molecule has 3 aromatic heterocycles. The van der Waals surface area contributed by atoms with E-state index in [4.69, 9.17) is 19.9 Å². The quantitative estimate of drug-likeness (QED) is 0.108. The zero-order chi connectivity index (χ0) is 63.2. The molecule has 17 rings (SSSR count). The molecule has 1 fully saturated rings. The zero-order valence-corrected chi connectivity index (χ0v) is 53.7. The fourth-order valence-corrected chi connectivity index (χ4v) is 13.7. The average Bonchev–Trinajstić information content (AvgIpc) is 0.762. The number of nitrogens with zero attached hydrogens (tertiary/aromatic N) is 3. The Bertz CT molecular complexity index is 5060. The number of hydrogen-bond acceptors (Lipinski definition) is 7. The van der Waals surface area contributed by atoms with E-state index in [1.165, 1.54) is 105 Å². The summed E-state index contributed by atoms with van der Waals surface area (Å²) in [7, 11) is -1.46. The second-order valence-electron chi connectivity index (χ2n) is 23.0. The summed E-state index contributed by atoms with van der Waals surface area (Å²) < 4.78 is 6.89. The van der Waals surface area contributed by atoms with Crippen LogP contribution in [0.2, 0.25) is 0 Å². The maximum absolute atomic E-state index is 9.04. The largest absolute Gasteiger partial charge is 0.490 e. The molecule has 3 N–H and O–H groups in total. The van der Waals surface area contributed by atoms with E-state index in [0.29, 0.717) is 5.46 Å². The summed E-state index contributed by atoms with van der Waals surface area (Å²) in [5.41, 5.74) is 14.9. The number of hydrogen-bond donors (Lipinski definition) is 3. The molecule has 4 heterocycles. The van der Waals surface area contributed by atoms with Crippen molar-refractivity contribution in [2.45, 2.75) is 26.6 Å². The van der Waals surface area contributed by atoms with Crippen molar-refractivity contribution in [3.05, 3.63) is 313 Å². The second-order valence-corrected chi connectivity index (χ2v) is 24.8. The highest BCUT2D eigenvalue weighted by atomic mass is 79.9. The predicted molar refractivity (Wildman–Crippen MR) is 401 cm³/mol. The van der Waals surface area contributed by atoms with Gasteiger partial charge in [-0.25, -0.2) is 0 Å². The molecule has 456 valence electrons. The molecule has 0 radical (unpaired) electrons. The van der Waals surface area contributed by atoms with E-state index < -0.39 is 13.4 Å². The zero-order valence-electron chi connectivity index (χ0n) is 50.5. The first-order valence-corrected chi connectivity index (χ1v) is 32.6. The standard InChI is InChI=1S/C44H28N2.C26H16Br2.C9H8BNO2.C4H8O2.CH4/c1-3-11-29(12-4-1)43-37-21-19-32(42-28-46-26-34-16-8-10-18-36(34)42)24-40(37)44(30-13-5-2-6-14-30)38-22-20-31(23-39(38)43)41-27-45-25-33-15-7-9-17-35(33)41;27-19-12-14-22-23(15-19)25(17-7-3-1-4-8-17)21-13-11-20(28)16-24(21)26(22)18-9-5-2-6-10-18;12-10(13)9-6-11-5-7-3-1-2-4-8(7)9;5-4-2-1-3-6-4;/h1-28H;1-16H;1-6,12-13H;4-5H,1-3H2;1H4. The van der Waals surface area contributed by atoms with Crippen LogP contribution >= 0.6 is 31.9 Å². The van der Waals surface area contributed by atoms with Crippen molar-refractivity contribution in [3.63, 3.8) is 0 Å². The highest BCUT2D eigenvalue weighted by Gasteiger charge is 2.22. The molecule has 1 unspecified atom stereocenters. The number of pyridine rings is 3. The molecule has 0 aliphatic carbocycles. The fraction of sp³-hybridized carbons (Fsp3) is 0.0595. The summed E-state index contributed by atoms with van der Waals surface area (Å²) in [5.74, 6) is 0.